The number of ether oxygens (including phenoxy) is 3. The average Bonchev–Trinajstić information content (AvgIpc) is 3.25. The van der Waals surface area contributed by atoms with Gasteiger partial charge in [-0.05, 0) is 29.7 Å². The van der Waals surface area contributed by atoms with Crippen molar-refractivity contribution in [3.8, 4) is 5.75 Å². The fourth-order valence-electron chi connectivity index (χ4n) is 3.55. The van der Waals surface area contributed by atoms with E-state index in [9.17, 15) is 0 Å². The van der Waals surface area contributed by atoms with E-state index in [0.717, 1.165) is 43.4 Å². The minimum atomic E-state index is 0.537. The van der Waals surface area contributed by atoms with Crippen molar-refractivity contribution in [1.29, 1.82) is 0 Å². The third-order valence-corrected chi connectivity index (χ3v) is 5.18. The van der Waals surface area contributed by atoms with Gasteiger partial charge in [-0.1, -0.05) is 42.5 Å². The van der Waals surface area contributed by atoms with E-state index < -0.39 is 0 Å². The monoisotopic (exact) mass is 411 g/mol. The molecule has 2 aromatic rings. The molecule has 30 heavy (non-hydrogen) atoms. The molecule has 1 atom stereocenters. The number of aliphatic imine (C=N–C) groups is 1. The van der Waals surface area contributed by atoms with Crippen LogP contribution in [0.1, 0.15) is 17.5 Å². The van der Waals surface area contributed by atoms with E-state index in [4.69, 9.17) is 14.2 Å². The third-order valence-electron chi connectivity index (χ3n) is 5.18. The molecule has 0 bridgehead atoms. The summed E-state index contributed by atoms with van der Waals surface area (Å²) in [5.41, 5.74) is 2.33. The zero-order valence-corrected chi connectivity index (χ0v) is 18.0. The van der Waals surface area contributed by atoms with Gasteiger partial charge in [-0.2, -0.15) is 0 Å². The van der Waals surface area contributed by atoms with Crippen LogP contribution >= 0.6 is 0 Å². The second-order valence-corrected chi connectivity index (χ2v) is 7.49. The molecule has 1 N–H and O–H groups in total. The predicted molar refractivity (Wildman–Crippen MR) is 120 cm³/mol. The number of rotatable bonds is 10. The summed E-state index contributed by atoms with van der Waals surface area (Å²) in [6.45, 7) is 5.32. The van der Waals surface area contributed by atoms with Crippen LogP contribution in [0.25, 0.3) is 0 Å². The lowest BCUT2D eigenvalue weighted by atomic mass is 10.1. The Balaban J connectivity index is 1.45. The first-order valence-corrected chi connectivity index (χ1v) is 10.6. The Kier molecular flexibility index (Phi) is 9.00. The Morgan fingerprint density at radius 3 is 2.73 bits per heavy atom. The molecule has 0 aliphatic carbocycles. The molecular weight excluding hydrogens is 378 g/mol. The van der Waals surface area contributed by atoms with Gasteiger partial charge in [0, 0.05) is 39.7 Å². The topological polar surface area (TPSA) is 55.3 Å². The Bertz CT molecular complexity index is 782. The van der Waals surface area contributed by atoms with Gasteiger partial charge in [0.2, 0.25) is 0 Å². The summed E-state index contributed by atoms with van der Waals surface area (Å²) in [5, 5.41) is 3.49. The van der Waals surface area contributed by atoms with E-state index in [1.165, 1.54) is 5.56 Å². The van der Waals surface area contributed by atoms with Crippen LogP contribution in [0.15, 0.2) is 59.6 Å². The Morgan fingerprint density at radius 1 is 1.10 bits per heavy atom. The molecule has 6 heteroatoms. The summed E-state index contributed by atoms with van der Waals surface area (Å²) in [4.78, 5) is 6.77. The SMILES string of the molecule is CN=C(NCc1cccc(OCc2ccccc2)c1)N1CCC(COCCOC)C1. The summed E-state index contributed by atoms with van der Waals surface area (Å²) in [6.07, 6.45) is 1.12. The van der Waals surface area contributed by atoms with E-state index in [1.54, 1.807) is 7.11 Å². The van der Waals surface area contributed by atoms with Crippen molar-refractivity contribution < 1.29 is 14.2 Å². The molecule has 2 aromatic carbocycles. The van der Waals surface area contributed by atoms with Crippen molar-refractivity contribution in [3.05, 3.63) is 65.7 Å². The maximum Gasteiger partial charge on any atom is 0.193 e. The van der Waals surface area contributed by atoms with Crippen LogP contribution in [0.5, 0.6) is 5.75 Å². The molecule has 1 unspecified atom stereocenters. The van der Waals surface area contributed by atoms with Crippen molar-refractivity contribution in [2.75, 3.05) is 47.1 Å². The lowest BCUT2D eigenvalue weighted by molar-refractivity contribution is 0.0536. The molecule has 1 aliphatic heterocycles. The summed E-state index contributed by atoms with van der Waals surface area (Å²) in [7, 11) is 3.53. The average molecular weight is 412 g/mol. The van der Waals surface area contributed by atoms with Crippen LogP contribution in [-0.2, 0) is 22.6 Å². The second kappa shape index (κ2) is 12.2. The summed E-state index contributed by atoms with van der Waals surface area (Å²) in [6, 6.07) is 18.4. The molecule has 0 spiro atoms. The number of likely N-dealkylation sites (tertiary alicyclic amines) is 1. The van der Waals surface area contributed by atoms with E-state index in [1.807, 2.05) is 37.4 Å². The van der Waals surface area contributed by atoms with Gasteiger partial charge < -0.3 is 24.4 Å². The van der Waals surface area contributed by atoms with Gasteiger partial charge in [-0.15, -0.1) is 0 Å². The van der Waals surface area contributed by atoms with Crippen molar-refractivity contribution in [3.63, 3.8) is 0 Å². The minimum absolute atomic E-state index is 0.537. The summed E-state index contributed by atoms with van der Waals surface area (Å²) in [5.74, 6) is 2.35. The van der Waals surface area contributed by atoms with E-state index in [0.29, 0.717) is 32.3 Å². The molecule has 3 rings (SSSR count). The predicted octanol–water partition coefficient (Wildman–Crippen LogP) is 3.33. The second-order valence-electron chi connectivity index (χ2n) is 7.49. The first-order valence-electron chi connectivity index (χ1n) is 10.6. The quantitative estimate of drug-likeness (QED) is 0.369. The smallest absolute Gasteiger partial charge is 0.193 e. The molecule has 0 aromatic heterocycles. The van der Waals surface area contributed by atoms with E-state index in [2.05, 4.69) is 39.5 Å². The number of nitrogens with one attached hydrogen (secondary N) is 1. The maximum atomic E-state index is 5.94. The molecule has 1 saturated heterocycles. The highest BCUT2D eigenvalue weighted by atomic mass is 16.5. The fourth-order valence-corrected chi connectivity index (χ4v) is 3.55. The number of nitrogens with zero attached hydrogens (tertiary/aromatic N) is 2. The van der Waals surface area contributed by atoms with Gasteiger partial charge in [0.25, 0.3) is 0 Å². The number of hydrogen-bond acceptors (Lipinski definition) is 4. The molecule has 1 aliphatic rings. The highest BCUT2D eigenvalue weighted by molar-refractivity contribution is 5.80. The van der Waals surface area contributed by atoms with Gasteiger partial charge in [-0.25, -0.2) is 0 Å². The number of benzene rings is 2. The molecule has 0 radical (unpaired) electrons. The highest BCUT2D eigenvalue weighted by Gasteiger charge is 2.24. The molecule has 1 heterocycles. The fraction of sp³-hybridized carbons (Fsp3) is 0.458. The molecular formula is C24H33N3O3. The molecule has 6 nitrogen and oxygen atoms in total. The summed E-state index contributed by atoms with van der Waals surface area (Å²) < 4.78 is 16.7. The zero-order chi connectivity index (χ0) is 21.0. The van der Waals surface area contributed by atoms with Crippen LogP contribution in [0, 0.1) is 5.92 Å². The maximum absolute atomic E-state index is 5.94. The van der Waals surface area contributed by atoms with Crippen molar-refractivity contribution in [2.24, 2.45) is 10.9 Å². The Morgan fingerprint density at radius 2 is 1.93 bits per heavy atom. The highest BCUT2D eigenvalue weighted by Crippen LogP contribution is 2.18. The van der Waals surface area contributed by atoms with Gasteiger partial charge in [0.1, 0.15) is 12.4 Å². The number of hydrogen-bond donors (Lipinski definition) is 1. The van der Waals surface area contributed by atoms with Crippen LogP contribution in [-0.4, -0.2) is 57.9 Å². The van der Waals surface area contributed by atoms with Crippen LogP contribution in [0.4, 0.5) is 0 Å². The number of guanidine groups is 1. The van der Waals surface area contributed by atoms with E-state index >= 15 is 0 Å². The first kappa shape index (κ1) is 22.1. The summed E-state index contributed by atoms with van der Waals surface area (Å²) >= 11 is 0. The first-order chi connectivity index (χ1) is 14.8. The van der Waals surface area contributed by atoms with Gasteiger partial charge in [0.05, 0.1) is 19.8 Å². The minimum Gasteiger partial charge on any atom is -0.489 e. The number of methoxy groups -OCH3 is 1. The Labute approximate surface area is 179 Å². The largest absolute Gasteiger partial charge is 0.489 e. The van der Waals surface area contributed by atoms with Crippen molar-refractivity contribution in [1.82, 2.24) is 10.2 Å². The van der Waals surface area contributed by atoms with Crippen LogP contribution in [0.3, 0.4) is 0 Å². The molecule has 0 amide bonds. The van der Waals surface area contributed by atoms with Gasteiger partial charge in [-0.3, -0.25) is 4.99 Å². The third kappa shape index (κ3) is 7.04. The molecule has 162 valence electrons. The molecule has 0 saturated carbocycles. The lowest BCUT2D eigenvalue weighted by Gasteiger charge is -2.22. The van der Waals surface area contributed by atoms with Gasteiger partial charge in [0.15, 0.2) is 5.96 Å². The van der Waals surface area contributed by atoms with Crippen molar-refractivity contribution >= 4 is 5.96 Å². The Hall–Kier alpha value is -2.57. The zero-order valence-electron chi connectivity index (χ0n) is 18.0. The van der Waals surface area contributed by atoms with Crippen molar-refractivity contribution in [2.45, 2.75) is 19.6 Å². The van der Waals surface area contributed by atoms with Crippen LogP contribution in [0.2, 0.25) is 0 Å². The normalized spacial score (nSPS) is 16.7. The standard InChI is InChI=1S/C24H33N3O3/c1-25-24(27-12-11-22(17-27)18-29-14-13-28-2)26-16-21-9-6-10-23(15-21)30-19-20-7-4-3-5-8-20/h3-10,15,22H,11-14,16-19H2,1-2H3,(H,25,26). The lowest BCUT2D eigenvalue weighted by Crippen LogP contribution is -2.39. The van der Waals surface area contributed by atoms with Gasteiger partial charge >= 0.3 is 0 Å². The van der Waals surface area contributed by atoms with E-state index in [-0.39, 0.29) is 0 Å². The molecule has 1 fully saturated rings. The van der Waals surface area contributed by atoms with Crippen LogP contribution < -0.4 is 10.1 Å².